The molecule has 2 rings (SSSR count). The zero-order valence-electron chi connectivity index (χ0n) is 15.4. The zero-order valence-corrected chi connectivity index (χ0v) is 15.4. The number of carbonyl (C=O) groups is 1. The maximum atomic E-state index is 12.5. The lowest BCUT2D eigenvalue weighted by atomic mass is 9.69. The van der Waals surface area contributed by atoms with Gasteiger partial charge in [-0.1, -0.05) is 32.0 Å². The van der Waals surface area contributed by atoms with Crippen LogP contribution in [0.3, 0.4) is 0 Å². The molecule has 4 heteroatoms. The number of aliphatic hydroxyl groups excluding tert-OH is 1. The van der Waals surface area contributed by atoms with E-state index in [0.29, 0.717) is 18.4 Å². The Labute approximate surface area is 145 Å². The number of ether oxygens (including phenoxy) is 1. The van der Waals surface area contributed by atoms with E-state index in [9.17, 15) is 9.90 Å². The van der Waals surface area contributed by atoms with Gasteiger partial charge in [-0.05, 0) is 44.2 Å². The van der Waals surface area contributed by atoms with Crippen molar-refractivity contribution in [3.8, 4) is 0 Å². The van der Waals surface area contributed by atoms with E-state index in [1.807, 2.05) is 18.2 Å². The van der Waals surface area contributed by atoms with Crippen molar-refractivity contribution in [3.63, 3.8) is 0 Å². The number of aliphatic hydroxyl groups is 1. The van der Waals surface area contributed by atoms with Gasteiger partial charge in [0.2, 0.25) is 0 Å². The van der Waals surface area contributed by atoms with Crippen molar-refractivity contribution in [3.05, 3.63) is 35.9 Å². The van der Waals surface area contributed by atoms with E-state index in [0.717, 1.165) is 19.6 Å². The molecule has 1 saturated carbocycles. The summed E-state index contributed by atoms with van der Waals surface area (Å²) in [5.41, 5.74) is 0.367. The smallest absolute Gasteiger partial charge is 0.338 e. The molecule has 0 aromatic heterocycles. The Hall–Kier alpha value is -1.39. The summed E-state index contributed by atoms with van der Waals surface area (Å²) in [5.74, 6) is -0.0528. The highest BCUT2D eigenvalue weighted by atomic mass is 16.5. The van der Waals surface area contributed by atoms with Crippen LogP contribution in [0.15, 0.2) is 30.3 Å². The van der Waals surface area contributed by atoms with Crippen molar-refractivity contribution in [2.24, 2.45) is 11.3 Å². The van der Waals surface area contributed by atoms with E-state index in [1.165, 1.54) is 4.90 Å². The number of hydrogen-bond donors (Lipinski definition) is 2. The lowest BCUT2D eigenvalue weighted by Crippen LogP contribution is -3.12. The molecule has 0 saturated heterocycles. The van der Waals surface area contributed by atoms with Crippen molar-refractivity contribution in [2.75, 3.05) is 19.6 Å². The largest absolute Gasteiger partial charge is 0.458 e. The van der Waals surface area contributed by atoms with E-state index in [4.69, 9.17) is 4.74 Å². The third-order valence-electron chi connectivity index (χ3n) is 5.50. The molecule has 0 heterocycles. The van der Waals surface area contributed by atoms with Crippen LogP contribution in [0.2, 0.25) is 0 Å². The fraction of sp³-hybridized carbons (Fsp3) is 0.650. The molecule has 1 fully saturated rings. The third kappa shape index (κ3) is 4.58. The van der Waals surface area contributed by atoms with Gasteiger partial charge in [0.25, 0.3) is 0 Å². The van der Waals surface area contributed by atoms with Gasteiger partial charge in [-0.2, -0.15) is 0 Å². The SMILES string of the molecule is CC[NH+](CC)C[C@H]1C[C@H](O)C(C)(C)C[C@@H]1OC(=O)c1ccccc1. The second-order valence-corrected chi connectivity index (χ2v) is 7.68. The molecular weight excluding hydrogens is 302 g/mol. The monoisotopic (exact) mass is 334 g/mol. The van der Waals surface area contributed by atoms with Crippen LogP contribution in [0.1, 0.15) is 50.9 Å². The van der Waals surface area contributed by atoms with Gasteiger partial charge >= 0.3 is 5.97 Å². The minimum atomic E-state index is -0.343. The number of benzene rings is 1. The Balaban J connectivity index is 2.13. The number of rotatable bonds is 6. The first-order chi connectivity index (χ1) is 11.4. The first kappa shape index (κ1) is 18.9. The van der Waals surface area contributed by atoms with Crippen LogP contribution in [-0.2, 0) is 4.74 Å². The molecule has 0 unspecified atom stereocenters. The van der Waals surface area contributed by atoms with Crippen LogP contribution in [0.4, 0.5) is 0 Å². The van der Waals surface area contributed by atoms with Gasteiger partial charge in [-0.25, -0.2) is 4.79 Å². The maximum absolute atomic E-state index is 12.5. The number of esters is 1. The highest BCUT2D eigenvalue weighted by Crippen LogP contribution is 2.39. The topological polar surface area (TPSA) is 51.0 Å². The Morgan fingerprint density at radius 2 is 1.88 bits per heavy atom. The fourth-order valence-electron chi connectivity index (χ4n) is 3.62. The summed E-state index contributed by atoms with van der Waals surface area (Å²) in [6, 6.07) is 9.17. The average Bonchev–Trinajstić information content (AvgIpc) is 2.57. The number of quaternary nitrogens is 1. The van der Waals surface area contributed by atoms with Gasteiger partial charge in [0.1, 0.15) is 6.10 Å². The minimum absolute atomic E-state index is 0.135. The third-order valence-corrected chi connectivity index (χ3v) is 5.50. The van der Waals surface area contributed by atoms with Crippen LogP contribution in [-0.4, -0.2) is 42.9 Å². The van der Waals surface area contributed by atoms with Crippen LogP contribution in [0.5, 0.6) is 0 Å². The summed E-state index contributed by atoms with van der Waals surface area (Å²) in [5, 5.41) is 10.5. The van der Waals surface area contributed by atoms with Crippen molar-refractivity contribution >= 4 is 5.97 Å². The molecule has 2 N–H and O–H groups in total. The van der Waals surface area contributed by atoms with Crippen molar-refractivity contribution in [1.82, 2.24) is 0 Å². The van der Waals surface area contributed by atoms with Crippen molar-refractivity contribution in [1.29, 1.82) is 0 Å². The van der Waals surface area contributed by atoms with Crippen LogP contribution in [0, 0.1) is 11.3 Å². The normalized spacial score (nSPS) is 26.3. The Morgan fingerprint density at radius 3 is 2.46 bits per heavy atom. The van der Waals surface area contributed by atoms with Gasteiger partial charge in [0, 0.05) is 5.92 Å². The molecule has 0 aliphatic heterocycles. The predicted octanol–water partition coefficient (Wildman–Crippen LogP) is 1.93. The summed E-state index contributed by atoms with van der Waals surface area (Å²) < 4.78 is 5.90. The lowest BCUT2D eigenvalue weighted by Gasteiger charge is -2.44. The molecular formula is C20H32NO3+. The molecule has 0 spiro atoms. The summed E-state index contributed by atoms with van der Waals surface area (Å²) in [7, 11) is 0. The molecule has 1 aliphatic carbocycles. The standard InChI is InChI=1S/C20H31NO3/c1-5-21(6-2)14-16-12-18(22)20(3,4)13-17(16)24-19(23)15-10-8-7-9-11-15/h7-11,16-18,22H,5-6,12-14H2,1-4H3/p+1/t16-,17+,18+/m1/s1. The van der Waals surface area contributed by atoms with E-state index in [1.54, 1.807) is 12.1 Å². The molecule has 0 bridgehead atoms. The van der Waals surface area contributed by atoms with Gasteiger partial charge < -0.3 is 14.7 Å². The summed E-state index contributed by atoms with van der Waals surface area (Å²) >= 11 is 0. The molecule has 134 valence electrons. The highest BCUT2D eigenvalue weighted by Gasteiger charge is 2.44. The molecule has 0 amide bonds. The Kier molecular flexibility index (Phi) is 6.41. The fourth-order valence-corrected chi connectivity index (χ4v) is 3.62. The molecule has 4 nitrogen and oxygen atoms in total. The van der Waals surface area contributed by atoms with Crippen molar-refractivity contribution < 1.29 is 19.5 Å². The van der Waals surface area contributed by atoms with Crippen LogP contribution < -0.4 is 4.90 Å². The van der Waals surface area contributed by atoms with E-state index in [2.05, 4.69) is 27.7 Å². The van der Waals surface area contributed by atoms with E-state index >= 15 is 0 Å². The molecule has 24 heavy (non-hydrogen) atoms. The van der Waals surface area contributed by atoms with Gasteiger partial charge in [-0.15, -0.1) is 0 Å². The second kappa shape index (κ2) is 8.13. The summed E-state index contributed by atoms with van der Waals surface area (Å²) in [6.07, 6.45) is 0.926. The first-order valence-corrected chi connectivity index (χ1v) is 9.15. The quantitative estimate of drug-likeness (QED) is 0.782. The second-order valence-electron chi connectivity index (χ2n) is 7.68. The average molecular weight is 334 g/mol. The molecule has 3 atom stereocenters. The number of carbonyl (C=O) groups excluding carboxylic acids is 1. The zero-order chi connectivity index (χ0) is 17.7. The lowest BCUT2D eigenvalue weighted by molar-refractivity contribution is -0.900. The molecule has 1 aliphatic rings. The summed E-state index contributed by atoms with van der Waals surface area (Å²) in [4.78, 5) is 14.0. The van der Waals surface area contributed by atoms with E-state index in [-0.39, 0.29) is 29.5 Å². The Bertz CT molecular complexity index is 523. The highest BCUT2D eigenvalue weighted by molar-refractivity contribution is 5.89. The summed E-state index contributed by atoms with van der Waals surface area (Å²) in [6.45, 7) is 11.5. The van der Waals surface area contributed by atoms with Crippen LogP contribution in [0.25, 0.3) is 0 Å². The van der Waals surface area contributed by atoms with Gasteiger partial charge in [0.15, 0.2) is 0 Å². The predicted molar refractivity (Wildman–Crippen MR) is 95.1 cm³/mol. The van der Waals surface area contributed by atoms with Gasteiger partial charge in [0.05, 0.1) is 31.3 Å². The number of hydrogen-bond acceptors (Lipinski definition) is 3. The first-order valence-electron chi connectivity index (χ1n) is 9.15. The maximum Gasteiger partial charge on any atom is 0.338 e. The van der Waals surface area contributed by atoms with Gasteiger partial charge in [-0.3, -0.25) is 0 Å². The molecule has 1 aromatic carbocycles. The van der Waals surface area contributed by atoms with Crippen LogP contribution >= 0.6 is 0 Å². The molecule has 0 radical (unpaired) electrons. The molecule has 1 aromatic rings. The Morgan fingerprint density at radius 1 is 1.25 bits per heavy atom. The minimum Gasteiger partial charge on any atom is -0.458 e. The van der Waals surface area contributed by atoms with E-state index < -0.39 is 0 Å². The van der Waals surface area contributed by atoms with Crippen molar-refractivity contribution in [2.45, 2.75) is 52.7 Å². The number of nitrogens with one attached hydrogen (secondary N) is 1.